The fourth-order valence-electron chi connectivity index (χ4n) is 5.85. The van der Waals surface area contributed by atoms with Crippen LogP contribution < -0.4 is 0 Å². The Morgan fingerprint density at radius 3 is 1.07 bits per heavy atom. The summed E-state index contributed by atoms with van der Waals surface area (Å²) in [4.78, 5) is 11.9. The molecule has 0 heterocycles. The van der Waals surface area contributed by atoms with Crippen molar-refractivity contribution in [1.82, 2.24) is 0 Å². The second kappa shape index (κ2) is 34.7. The fourth-order valence-corrected chi connectivity index (χ4v) is 5.85. The summed E-state index contributed by atoms with van der Waals surface area (Å²) in [5.74, 6) is 0.909. The summed E-state index contributed by atoms with van der Waals surface area (Å²) in [6.07, 6.45) is 43.1. The predicted molar refractivity (Wildman–Crippen MR) is 179 cm³/mol. The zero-order valence-electron chi connectivity index (χ0n) is 28.2. The van der Waals surface area contributed by atoms with Crippen LogP contribution in [0.2, 0.25) is 0 Å². The Morgan fingerprint density at radius 2 is 0.725 bits per heavy atom. The zero-order chi connectivity index (χ0) is 29.2. The van der Waals surface area contributed by atoms with E-state index in [1.807, 2.05) is 0 Å². The van der Waals surface area contributed by atoms with Gasteiger partial charge in [-0.1, -0.05) is 207 Å². The van der Waals surface area contributed by atoms with Gasteiger partial charge < -0.3 is 4.74 Å². The van der Waals surface area contributed by atoms with Crippen LogP contribution in [0.1, 0.15) is 226 Å². The van der Waals surface area contributed by atoms with E-state index in [4.69, 9.17) is 4.74 Å². The number of hydrogen-bond acceptors (Lipinski definition) is 2. The van der Waals surface area contributed by atoms with Gasteiger partial charge >= 0.3 is 5.97 Å². The Bertz CT molecular complexity index is 472. The van der Waals surface area contributed by atoms with Crippen LogP contribution in [0, 0.1) is 5.92 Å². The zero-order valence-corrected chi connectivity index (χ0v) is 28.2. The molecule has 0 spiro atoms. The van der Waals surface area contributed by atoms with Crippen LogP contribution in [0.4, 0.5) is 0 Å². The van der Waals surface area contributed by atoms with E-state index in [0.717, 1.165) is 18.8 Å². The molecule has 0 aromatic rings. The van der Waals surface area contributed by atoms with E-state index in [0.29, 0.717) is 13.0 Å². The average molecular weight is 565 g/mol. The molecule has 0 radical (unpaired) electrons. The first kappa shape index (κ1) is 39.5. The van der Waals surface area contributed by atoms with Gasteiger partial charge in [0.2, 0.25) is 0 Å². The number of rotatable bonds is 34. The van der Waals surface area contributed by atoms with Crippen LogP contribution in [0.15, 0.2) is 0 Å². The maximum absolute atomic E-state index is 11.9. The molecule has 40 heavy (non-hydrogen) atoms. The summed E-state index contributed by atoms with van der Waals surface area (Å²) >= 11 is 0. The number of carbonyl (C=O) groups is 1. The van der Waals surface area contributed by atoms with Gasteiger partial charge in [0, 0.05) is 6.42 Å². The van der Waals surface area contributed by atoms with Crippen molar-refractivity contribution in [2.45, 2.75) is 226 Å². The minimum absolute atomic E-state index is 0.0279. The minimum atomic E-state index is 0.0279. The summed E-state index contributed by atoms with van der Waals surface area (Å²) in [5.41, 5.74) is 0. The lowest BCUT2D eigenvalue weighted by molar-refractivity contribution is -0.143. The van der Waals surface area contributed by atoms with Crippen molar-refractivity contribution in [2.75, 3.05) is 6.61 Å². The molecule has 0 fully saturated rings. The third-order valence-corrected chi connectivity index (χ3v) is 8.67. The normalized spacial score (nSPS) is 11.5. The standard InChI is InChI=1S/C38H76O2/c1-4-5-6-7-8-9-10-16-20-23-26-29-32-35-38(39)40-36-33-30-27-24-21-18-15-13-11-12-14-17-19-22-25-28-31-34-37(2)3/h37H,4-36H2,1-3H3. The first-order chi connectivity index (χ1) is 19.7. The van der Waals surface area contributed by atoms with Gasteiger partial charge in [-0.05, 0) is 18.8 Å². The molecule has 0 unspecified atom stereocenters. The second-order valence-corrected chi connectivity index (χ2v) is 13.4. The van der Waals surface area contributed by atoms with Crippen molar-refractivity contribution < 1.29 is 9.53 Å². The number of unbranched alkanes of at least 4 members (excludes halogenated alkanes) is 28. The maximum atomic E-state index is 11.9. The lowest BCUT2D eigenvalue weighted by atomic mass is 10.0. The number of ether oxygens (including phenoxy) is 1. The molecule has 0 aromatic carbocycles. The van der Waals surface area contributed by atoms with E-state index in [1.54, 1.807) is 0 Å². The van der Waals surface area contributed by atoms with Gasteiger partial charge in [0.15, 0.2) is 0 Å². The molecule has 0 bridgehead atoms. The molecule has 0 rings (SSSR count). The molecular formula is C38H76O2. The third kappa shape index (κ3) is 35.5. The van der Waals surface area contributed by atoms with E-state index in [9.17, 15) is 4.79 Å². The SMILES string of the molecule is CCCCCCCCCCCCCCCC(=O)OCCCCCCCCCCCCCCCCCCCC(C)C. The molecule has 0 saturated carbocycles. The Kier molecular flexibility index (Phi) is 34.2. The molecule has 0 N–H and O–H groups in total. The van der Waals surface area contributed by atoms with Gasteiger partial charge in [0.25, 0.3) is 0 Å². The summed E-state index contributed by atoms with van der Waals surface area (Å²) in [6.45, 7) is 7.59. The minimum Gasteiger partial charge on any atom is -0.466 e. The van der Waals surface area contributed by atoms with E-state index in [-0.39, 0.29) is 5.97 Å². The number of esters is 1. The van der Waals surface area contributed by atoms with E-state index < -0.39 is 0 Å². The topological polar surface area (TPSA) is 26.3 Å². The largest absolute Gasteiger partial charge is 0.466 e. The van der Waals surface area contributed by atoms with Crippen LogP contribution in [0.3, 0.4) is 0 Å². The summed E-state index contributed by atoms with van der Waals surface area (Å²) in [7, 11) is 0. The number of hydrogen-bond donors (Lipinski definition) is 0. The van der Waals surface area contributed by atoms with Crippen LogP contribution >= 0.6 is 0 Å². The van der Waals surface area contributed by atoms with Crippen LogP contribution in [0.25, 0.3) is 0 Å². The molecule has 0 atom stereocenters. The first-order valence-electron chi connectivity index (χ1n) is 18.8. The summed E-state index contributed by atoms with van der Waals surface area (Å²) < 4.78 is 5.45. The van der Waals surface area contributed by atoms with Crippen LogP contribution in [-0.2, 0) is 9.53 Å². The molecule has 2 nitrogen and oxygen atoms in total. The average Bonchev–Trinajstić information content (AvgIpc) is 2.94. The van der Waals surface area contributed by atoms with Crippen LogP contribution in [-0.4, -0.2) is 12.6 Å². The van der Waals surface area contributed by atoms with Gasteiger partial charge in [0.1, 0.15) is 0 Å². The molecule has 0 amide bonds. The molecule has 0 aliphatic rings. The Balaban J connectivity index is 3.14. The Morgan fingerprint density at radius 1 is 0.425 bits per heavy atom. The molecule has 0 saturated heterocycles. The number of carbonyl (C=O) groups excluding carboxylic acids is 1. The molecule has 0 aliphatic carbocycles. The fraction of sp³-hybridized carbons (Fsp3) is 0.974. The first-order valence-corrected chi connectivity index (χ1v) is 18.8. The van der Waals surface area contributed by atoms with Crippen molar-refractivity contribution in [2.24, 2.45) is 5.92 Å². The Hall–Kier alpha value is -0.530. The predicted octanol–water partition coefficient (Wildman–Crippen LogP) is 13.7. The Labute approximate surface area is 254 Å². The lowest BCUT2D eigenvalue weighted by Gasteiger charge is -2.06. The van der Waals surface area contributed by atoms with Gasteiger partial charge in [-0.15, -0.1) is 0 Å². The molecular weight excluding hydrogens is 488 g/mol. The van der Waals surface area contributed by atoms with Crippen molar-refractivity contribution in [1.29, 1.82) is 0 Å². The highest BCUT2D eigenvalue weighted by Crippen LogP contribution is 2.16. The molecule has 2 heteroatoms. The van der Waals surface area contributed by atoms with Crippen molar-refractivity contribution >= 4 is 5.97 Å². The smallest absolute Gasteiger partial charge is 0.305 e. The van der Waals surface area contributed by atoms with Gasteiger partial charge in [-0.25, -0.2) is 0 Å². The summed E-state index contributed by atoms with van der Waals surface area (Å²) in [6, 6.07) is 0. The molecule has 0 aliphatic heterocycles. The van der Waals surface area contributed by atoms with E-state index in [2.05, 4.69) is 20.8 Å². The highest BCUT2D eigenvalue weighted by Gasteiger charge is 2.03. The van der Waals surface area contributed by atoms with E-state index in [1.165, 1.54) is 186 Å². The van der Waals surface area contributed by atoms with Crippen molar-refractivity contribution in [3.05, 3.63) is 0 Å². The quantitative estimate of drug-likeness (QED) is 0.0574. The van der Waals surface area contributed by atoms with Crippen LogP contribution in [0.5, 0.6) is 0 Å². The van der Waals surface area contributed by atoms with Crippen molar-refractivity contribution in [3.63, 3.8) is 0 Å². The molecule has 0 aromatic heterocycles. The van der Waals surface area contributed by atoms with E-state index >= 15 is 0 Å². The van der Waals surface area contributed by atoms with Gasteiger partial charge in [0.05, 0.1) is 6.61 Å². The summed E-state index contributed by atoms with van der Waals surface area (Å²) in [5, 5.41) is 0. The van der Waals surface area contributed by atoms with Crippen molar-refractivity contribution in [3.8, 4) is 0 Å². The van der Waals surface area contributed by atoms with Gasteiger partial charge in [-0.3, -0.25) is 4.79 Å². The molecule has 240 valence electrons. The monoisotopic (exact) mass is 565 g/mol. The highest BCUT2D eigenvalue weighted by atomic mass is 16.5. The second-order valence-electron chi connectivity index (χ2n) is 13.4. The van der Waals surface area contributed by atoms with Gasteiger partial charge in [-0.2, -0.15) is 0 Å². The highest BCUT2D eigenvalue weighted by molar-refractivity contribution is 5.69. The maximum Gasteiger partial charge on any atom is 0.305 e. The third-order valence-electron chi connectivity index (χ3n) is 8.67. The lowest BCUT2D eigenvalue weighted by Crippen LogP contribution is -2.05.